The van der Waals surface area contributed by atoms with Gasteiger partial charge in [-0.1, -0.05) is 6.07 Å². The Hall–Kier alpha value is -1.82. The first-order valence-corrected chi connectivity index (χ1v) is 5.88. The highest BCUT2D eigenvalue weighted by Gasteiger charge is 2.20. The lowest BCUT2D eigenvalue weighted by Crippen LogP contribution is -2.03. The van der Waals surface area contributed by atoms with Crippen LogP contribution in [0.4, 0.5) is 13.2 Å². The van der Waals surface area contributed by atoms with E-state index in [4.69, 9.17) is 5.11 Å². The van der Waals surface area contributed by atoms with Gasteiger partial charge in [0.25, 0.3) is 0 Å². The van der Waals surface area contributed by atoms with E-state index in [0.29, 0.717) is 0 Å². The van der Waals surface area contributed by atoms with E-state index in [9.17, 15) is 18.0 Å². The van der Waals surface area contributed by atoms with Crippen molar-refractivity contribution in [1.82, 2.24) is 0 Å². The van der Waals surface area contributed by atoms with Crippen LogP contribution in [-0.2, 0) is 0 Å². The molecule has 0 unspecified atom stereocenters. The maximum Gasteiger partial charge on any atom is 0.336 e. The number of rotatable bonds is 2. The van der Waals surface area contributed by atoms with Crippen molar-refractivity contribution in [2.75, 3.05) is 0 Å². The molecule has 19 heavy (non-hydrogen) atoms. The van der Waals surface area contributed by atoms with Crippen LogP contribution < -0.4 is 0 Å². The summed E-state index contributed by atoms with van der Waals surface area (Å²) in [5, 5.41) is 8.98. The van der Waals surface area contributed by atoms with E-state index in [-0.39, 0.29) is 10.0 Å². The Morgan fingerprint density at radius 2 is 1.79 bits per heavy atom. The third-order valence-electron chi connectivity index (χ3n) is 2.53. The summed E-state index contributed by atoms with van der Waals surface area (Å²) in [6.45, 7) is 0. The van der Waals surface area contributed by atoms with E-state index in [2.05, 4.69) is 15.9 Å². The number of hydrogen-bond donors (Lipinski definition) is 1. The molecule has 1 N–H and O–H groups in total. The SMILES string of the molecule is O=C(O)c1cc(F)ccc1-c1c(F)ccc(Br)c1F. The quantitative estimate of drug-likeness (QED) is 0.836. The monoisotopic (exact) mass is 330 g/mol. The molecule has 2 aromatic carbocycles. The second kappa shape index (κ2) is 5.05. The smallest absolute Gasteiger partial charge is 0.336 e. The van der Waals surface area contributed by atoms with Crippen molar-refractivity contribution >= 4 is 21.9 Å². The minimum absolute atomic E-state index is 0.00966. The Labute approximate surface area is 114 Å². The minimum atomic E-state index is -1.46. The van der Waals surface area contributed by atoms with Gasteiger partial charge in [-0.15, -0.1) is 0 Å². The van der Waals surface area contributed by atoms with Crippen LogP contribution in [0.3, 0.4) is 0 Å². The molecule has 2 aromatic rings. The molecule has 2 rings (SSSR count). The lowest BCUT2D eigenvalue weighted by atomic mass is 9.98. The molecule has 0 saturated heterocycles. The van der Waals surface area contributed by atoms with Gasteiger partial charge >= 0.3 is 5.97 Å². The molecule has 0 saturated carbocycles. The summed E-state index contributed by atoms with van der Waals surface area (Å²) in [5.74, 6) is -4.12. The van der Waals surface area contributed by atoms with E-state index >= 15 is 0 Å². The Balaban J connectivity index is 2.79. The van der Waals surface area contributed by atoms with Crippen LogP contribution >= 0.6 is 15.9 Å². The average molecular weight is 331 g/mol. The molecule has 0 radical (unpaired) electrons. The lowest BCUT2D eigenvalue weighted by molar-refractivity contribution is 0.0697. The van der Waals surface area contributed by atoms with Crippen molar-refractivity contribution < 1.29 is 23.1 Å². The zero-order chi connectivity index (χ0) is 14.2. The first-order chi connectivity index (χ1) is 8.91. The largest absolute Gasteiger partial charge is 0.478 e. The number of carbonyl (C=O) groups is 1. The second-order valence-corrected chi connectivity index (χ2v) is 4.57. The standard InChI is InChI=1S/C13H6BrF3O2/c14-9-3-4-10(16)11(12(9)17)7-2-1-6(15)5-8(7)13(18)19/h1-5H,(H,18,19). The highest BCUT2D eigenvalue weighted by molar-refractivity contribution is 9.10. The molecule has 0 heterocycles. The molecule has 0 fully saturated rings. The molecule has 0 bridgehead atoms. The topological polar surface area (TPSA) is 37.3 Å². The Bertz CT molecular complexity index is 671. The molecule has 0 aliphatic carbocycles. The molecule has 6 heteroatoms. The van der Waals surface area contributed by atoms with Crippen LogP contribution in [0.15, 0.2) is 34.8 Å². The van der Waals surface area contributed by atoms with E-state index in [1.165, 1.54) is 0 Å². The zero-order valence-electron chi connectivity index (χ0n) is 9.25. The summed E-state index contributed by atoms with van der Waals surface area (Å²) in [7, 11) is 0. The van der Waals surface area contributed by atoms with Crippen molar-refractivity contribution in [3.05, 3.63) is 57.8 Å². The van der Waals surface area contributed by atoms with Gasteiger partial charge < -0.3 is 5.11 Å². The molecular formula is C13H6BrF3O2. The molecular weight excluding hydrogens is 325 g/mol. The number of benzene rings is 2. The fourth-order valence-electron chi connectivity index (χ4n) is 1.69. The third-order valence-corrected chi connectivity index (χ3v) is 3.14. The van der Waals surface area contributed by atoms with Crippen LogP contribution in [0, 0.1) is 17.5 Å². The van der Waals surface area contributed by atoms with Crippen LogP contribution in [0.5, 0.6) is 0 Å². The van der Waals surface area contributed by atoms with E-state index < -0.39 is 34.5 Å². The van der Waals surface area contributed by atoms with Crippen LogP contribution in [0.1, 0.15) is 10.4 Å². The van der Waals surface area contributed by atoms with Crippen LogP contribution in [-0.4, -0.2) is 11.1 Å². The highest BCUT2D eigenvalue weighted by atomic mass is 79.9. The van der Waals surface area contributed by atoms with Gasteiger partial charge in [-0.25, -0.2) is 18.0 Å². The summed E-state index contributed by atoms with van der Waals surface area (Å²) < 4.78 is 40.7. The van der Waals surface area contributed by atoms with Gasteiger partial charge in [0.1, 0.15) is 17.5 Å². The van der Waals surface area contributed by atoms with Crippen molar-refractivity contribution in [2.24, 2.45) is 0 Å². The van der Waals surface area contributed by atoms with Crippen molar-refractivity contribution in [3.8, 4) is 11.1 Å². The third kappa shape index (κ3) is 2.49. The minimum Gasteiger partial charge on any atom is -0.478 e. The van der Waals surface area contributed by atoms with E-state index in [1.807, 2.05) is 0 Å². The summed E-state index contributed by atoms with van der Waals surface area (Å²) in [6, 6.07) is 4.86. The Morgan fingerprint density at radius 1 is 1.11 bits per heavy atom. The first kappa shape index (κ1) is 13.6. The molecule has 2 nitrogen and oxygen atoms in total. The Kier molecular flexibility index (Phi) is 3.61. The lowest BCUT2D eigenvalue weighted by Gasteiger charge is -2.10. The molecule has 0 spiro atoms. The van der Waals surface area contributed by atoms with E-state index in [1.54, 1.807) is 0 Å². The summed E-state index contributed by atoms with van der Waals surface area (Å²) in [5.41, 5.74) is -1.23. The van der Waals surface area contributed by atoms with Gasteiger partial charge in [0.2, 0.25) is 0 Å². The normalized spacial score (nSPS) is 10.5. The number of aromatic carboxylic acids is 1. The Morgan fingerprint density at radius 3 is 2.42 bits per heavy atom. The zero-order valence-corrected chi connectivity index (χ0v) is 10.8. The van der Waals surface area contributed by atoms with Crippen molar-refractivity contribution in [3.63, 3.8) is 0 Å². The fourth-order valence-corrected chi connectivity index (χ4v) is 2.02. The van der Waals surface area contributed by atoms with Gasteiger partial charge in [-0.2, -0.15) is 0 Å². The molecule has 0 atom stereocenters. The van der Waals surface area contributed by atoms with Crippen LogP contribution in [0.25, 0.3) is 11.1 Å². The predicted molar refractivity (Wildman–Crippen MR) is 66.4 cm³/mol. The molecule has 0 aliphatic heterocycles. The van der Waals surface area contributed by atoms with Gasteiger partial charge in [-0.3, -0.25) is 0 Å². The highest BCUT2D eigenvalue weighted by Crippen LogP contribution is 2.33. The molecule has 98 valence electrons. The average Bonchev–Trinajstić information content (AvgIpc) is 2.36. The van der Waals surface area contributed by atoms with Gasteiger partial charge in [0, 0.05) is 5.56 Å². The molecule has 0 aromatic heterocycles. The number of carboxylic acid groups (broad SMARTS) is 1. The van der Waals surface area contributed by atoms with Crippen molar-refractivity contribution in [1.29, 1.82) is 0 Å². The first-order valence-electron chi connectivity index (χ1n) is 5.08. The summed E-state index contributed by atoms with van der Waals surface area (Å²) >= 11 is 2.89. The second-order valence-electron chi connectivity index (χ2n) is 3.71. The van der Waals surface area contributed by atoms with Gasteiger partial charge in [0.15, 0.2) is 0 Å². The van der Waals surface area contributed by atoms with Gasteiger partial charge in [0.05, 0.1) is 15.6 Å². The maximum absolute atomic E-state index is 13.9. The summed E-state index contributed by atoms with van der Waals surface area (Å²) in [4.78, 5) is 11.0. The maximum atomic E-state index is 13.9. The number of hydrogen-bond acceptors (Lipinski definition) is 1. The fraction of sp³-hybridized carbons (Fsp3) is 0. The predicted octanol–water partition coefficient (Wildman–Crippen LogP) is 4.23. The number of halogens is 4. The molecule has 0 aliphatic rings. The molecule has 0 amide bonds. The van der Waals surface area contributed by atoms with E-state index in [0.717, 1.165) is 30.3 Å². The van der Waals surface area contributed by atoms with Crippen LogP contribution in [0.2, 0.25) is 0 Å². The van der Waals surface area contributed by atoms with Gasteiger partial charge in [-0.05, 0) is 40.2 Å². The summed E-state index contributed by atoms with van der Waals surface area (Å²) in [6.07, 6.45) is 0. The van der Waals surface area contributed by atoms with Crippen molar-refractivity contribution in [2.45, 2.75) is 0 Å². The number of carboxylic acids is 1.